The molecule has 1 atom stereocenters. The van der Waals surface area contributed by atoms with Crippen molar-refractivity contribution in [2.45, 2.75) is 12.0 Å². The molecule has 0 radical (unpaired) electrons. The van der Waals surface area contributed by atoms with Gasteiger partial charge in [0.1, 0.15) is 6.10 Å². The SMILES string of the molecule is O=C=NC(O)(N=C=O)C(O)CO. The molecule has 0 fully saturated rings. The molecule has 0 aromatic carbocycles. The molecule has 0 aromatic heterocycles. The molecule has 7 nitrogen and oxygen atoms in total. The Kier molecular flexibility index (Phi) is 3.99. The van der Waals surface area contributed by atoms with Crippen LogP contribution in [-0.2, 0) is 9.59 Å². The number of aliphatic hydroxyl groups is 3. The normalized spacial score (nSPS) is 16.6. The van der Waals surface area contributed by atoms with Gasteiger partial charge in [-0.05, 0) is 0 Å². The van der Waals surface area contributed by atoms with E-state index < -0.39 is 18.6 Å². The van der Waals surface area contributed by atoms with Gasteiger partial charge in [-0.2, -0.15) is 0 Å². The summed E-state index contributed by atoms with van der Waals surface area (Å²) in [4.78, 5) is 24.6. The molecule has 0 saturated heterocycles. The Morgan fingerprint density at radius 1 is 1.33 bits per heavy atom. The van der Waals surface area contributed by atoms with Gasteiger partial charge in [-0.25, -0.2) is 9.59 Å². The van der Waals surface area contributed by atoms with Crippen LogP contribution in [0.15, 0.2) is 9.98 Å². The molecule has 7 heteroatoms. The standard InChI is InChI=1S/C5H6N2O5/c8-1-4(11)5(12,6-2-9)7-3-10/h4,8,11-12H,1H2. The lowest BCUT2D eigenvalue weighted by Gasteiger charge is -2.18. The minimum atomic E-state index is -2.68. The Balaban J connectivity index is 4.83. The van der Waals surface area contributed by atoms with Crippen molar-refractivity contribution in [1.82, 2.24) is 0 Å². The lowest BCUT2D eigenvalue weighted by molar-refractivity contribution is -0.0829. The summed E-state index contributed by atoms with van der Waals surface area (Å²) in [5.41, 5.74) is 0. The average Bonchev–Trinajstić information content (AvgIpc) is 2.04. The fraction of sp³-hybridized carbons (Fsp3) is 0.600. The number of nitrogens with zero attached hydrogens (tertiary/aromatic N) is 2. The molecular weight excluding hydrogens is 168 g/mol. The van der Waals surface area contributed by atoms with Crippen molar-refractivity contribution < 1.29 is 24.9 Å². The monoisotopic (exact) mass is 174 g/mol. The van der Waals surface area contributed by atoms with Gasteiger partial charge in [0.2, 0.25) is 12.2 Å². The van der Waals surface area contributed by atoms with Crippen molar-refractivity contribution in [2.24, 2.45) is 9.98 Å². The molecule has 0 heterocycles. The Hall–Kier alpha value is -1.36. The molecule has 0 aromatic rings. The summed E-state index contributed by atoms with van der Waals surface area (Å²) in [7, 11) is 0. The molecule has 0 bridgehead atoms. The van der Waals surface area contributed by atoms with Gasteiger partial charge in [-0.1, -0.05) is 0 Å². The highest BCUT2D eigenvalue weighted by Crippen LogP contribution is 2.12. The van der Waals surface area contributed by atoms with Crippen LogP contribution in [0.5, 0.6) is 0 Å². The van der Waals surface area contributed by atoms with Crippen molar-refractivity contribution in [3.05, 3.63) is 0 Å². The maximum atomic E-state index is 9.68. The van der Waals surface area contributed by atoms with E-state index in [1.165, 1.54) is 0 Å². The first-order chi connectivity index (χ1) is 5.60. The fourth-order valence-electron chi connectivity index (χ4n) is 0.431. The second-order valence-electron chi connectivity index (χ2n) is 1.79. The first kappa shape index (κ1) is 10.6. The number of isocyanates is 2. The molecule has 3 N–H and O–H groups in total. The van der Waals surface area contributed by atoms with Crippen LogP contribution in [0.25, 0.3) is 0 Å². The lowest BCUT2D eigenvalue weighted by Crippen LogP contribution is -2.40. The van der Waals surface area contributed by atoms with Crippen LogP contribution in [-0.4, -0.2) is 46.0 Å². The van der Waals surface area contributed by atoms with E-state index in [1.807, 2.05) is 0 Å². The number of carbonyl (C=O) groups excluding carboxylic acids is 2. The maximum absolute atomic E-state index is 9.68. The Bertz CT molecular complexity index is 222. The first-order valence-corrected chi connectivity index (χ1v) is 2.80. The molecule has 0 amide bonds. The Morgan fingerprint density at radius 3 is 2.00 bits per heavy atom. The summed E-state index contributed by atoms with van der Waals surface area (Å²) >= 11 is 0. The zero-order chi connectivity index (χ0) is 9.61. The van der Waals surface area contributed by atoms with Gasteiger partial charge in [0.25, 0.3) is 0 Å². The summed E-state index contributed by atoms with van der Waals surface area (Å²) in [6, 6.07) is 0. The quantitative estimate of drug-likeness (QED) is 0.326. The van der Waals surface area contributed by atoms with Gasteiger partial charge in [0.15, 0.2) is 0 Å². The maximum Gasteiger partial charge on any atom is 0.304 e. The van der Waals surface area contributed by atoms with Crippen LogP contribution in [0.1, 0.15) is 0 Å². The Labute approximate surface area is 66.7 Å². The summed E-state index contributed by atoms with van der Waals surface area (Å²) < 4.78 is 0. The van der Waals surface area contributed by atoms with E-state index in [1.54, 1.807) is 0 Å². The third kappa shape index (κ3) is 2.35. The molecule has 0 aliphatic carbocycles. The topological polar surface area (TPSA) is 120 Å². The van der Waals surface area contributed by atoms with Crippen LogP contribution >= 0.6 is 0 Å². The van der Waals surface area contributed by atoms with Crippen LogP contribution in [0.4, 0.5) is 0 Å². The van der Waals surface area contributed by atoms with E-state index in [0.29, 0.717) is 0 Å². The van der Waals surface area contributed by atoms with E-state index in [-0.39, 0.29) is 0 Å². The van der Waals surface area contributed by atoms with Crippen molar-refractivity contribution in [1.29, 1.82) is 0 Å². The second kappa shape index (κ2) is 4.50. The van der Waals surface area contributed by atoms with E-state index in [9.17, 15) is 9.59 Å². The number of aliphatic imine (C=N–C) groups is 2. The number of hydrogen-bond acceptors (Lipinski definition) is 7. The molecule has 0 saturated carbocycles. The second-order valence-corrected chi connectivity index (χ2v) is 1.79. The number of rotatable bonds is 4. The highest BCUT2D eigenvalue weighted by atomic mass is 16.4. The zero-order valence-corrected chi connectivity index (χ0v) is 5.84. The molecule has 0 rings (SSSR count). The fourth-order valence-corrected chi connectivity index (χ4v) is 0.431. The van der Waals surface area contributed by atoms with Gasteiger partial charge in [-0.15, -0.1) is 9.98 Å². The molecule has 0 aliphatic rings. The third-order valence-electron chi connectivity index (χ3n) is 1.04. The van der Waals surface area contributed by atoms with E-state index in [0.717, 1.165) is 12.2 Å². The van der Waals surface area contributed by atoms with E-state index in [4.69, 9.17) is 15.3 Å². The van der Waals surface area contributed by atoms with Gasteiger partial charge < -0.3 is 15.3 Å². The molecule has 66 valence electrons. The van der Waals surface area contributed by atoms with Crippen LogP contribution < -0.4 is 0 Å². The summed E-state index contributed by atoms with van der Waals surface area (Å²) in [5.74, 6) is -2.68. The highest BCUT2D eigenvalue weighted by Gasteiger charge is 2.35. The molecule has 0 aliphatic heterocycles. The van der Waals surface area contributed by atoms with Crippen molar-refractivity contribution in [2.75, 3.05) is 6.61 Å². The smallest absolute Gasteiger partial charge is 0.304 e. The lowest BCUT2D eigenvalue weighted by atomic mass is 10.2. The van der Waals surface area contributed by atoms with Gasteiger partial charge in [0.05, 0.1) is 6.61 Å². The third-order valence-corrected chi connectivity index (χ3v) is 1.04. The minimum Gasteiger partial charge on any atom is -0.393 e. The van der Waals surface area contributed by atoms with Gasteiger partial charge >= 0.3 is 5.85 Å². The van der Waals surface area contributed by atoms with Crippen LogP contribution in [0.3, 0.4) is 0 Å². The minimum absolute atomic E-state index is 0.890. The first-order valence-electron chi connectivity index (χ1n) is 2.80. The Morgan fingerprint density at radius 2 is 1.75 bits per heavy atom. The van der Waals surface area contributed by atoms with Crippen LogP contribution in [0, 0.1) is 0 Å². The number of hydrogen-bond donors (Lipinski definition) is 3. The largest absolute Gasteiger partial charge is 0.393 e. The average molecular weight is 174 g/mol. The molecule has 1 unspecified atom stereocenters. The highest BCUT2D eigenvalue weighted by molar-refractivity contribution is 5.38. The van der Waals surface area contributed by atoms with Gasteiger partial charge in [-0.3, -0.25) is 0 Å². The summed E-state index contributed by atoms with van der Waals surface area (Å²) in [5, 5.41) is 26.1. The summed E-state index contributed by atoms with van der Waals surface area (Å²) in [6.07, 6.45) is -0.0816. The number of aliphatic hydroxyl groups excluding tert-OH is 2. The predicted molar refractivity (Wildman–Crippen MR) is 34.3 cm³/mol. The molecule has 12 heavy (non-hydrogen) atoms. The molecule has 0 spiro atoms. The van der Waals surface area contributed by atoms with Crippen molar-refractivity contribution in [3.63, 3.8) is 0 Å². The van der Waals surface area contributed by atoms with Crippen molar-refractivity contribution >= 4 is 12.2 Å². The van der Waals surface area contributed by atoms with E-state index >= 15 is 0 Å². The predicted octanol–water partition coefficient (Wildman–Crippen LogP) is -2.34. The van der Waals surface area contributed by atoms with Gasteiger partial charge in [0, 0.05) is 0 Å². The van der Waals surface area contributed by atoms with E-state index in [2.05, 4.69) is 9.98 Å². The molecular formula is C5H6N2O5. The van der Waals surface area contributed by atoms with Crippen LogP contribution in [0.2, 0.25) is 0 Å². The summed E-state index contributed by atoms with van der Waals surface area (Å²) in [6.45, 7) is -0.910. The zero-order valence-electron chi connectivity index (χ0n) is 5.84. The van der Waals surface area contributed by atoms with Crippen molar-refractivity contribution in [3.8, 4) is 0 Å².